The summed E-state index contributed by atoms with van der Waals surface area (Å²) in [6.07, 6.45) is -5.05. The number of hydrogen-bond donors (Lipinski definition) is 1. The van der Waals surface area contributed by atoms with Gasteiger partial charge in [-0.3, -0.25) is 0 Å². The second-order valence-corrected chi connectivity index (χ2v) is 6.15. The molecule has 1 aliphatic rings. The number of nitrogens with zero attached hydrogens (tertiary/aromatic N) is 1. The number of hydrogen-bond acceptors (Lipinski definition) is 3. The smallest absolute Gasteiger partial charge is 0.399 e. The SMILES string of the molecule is Cc1cc(C2(C(F)(F)F)CC(c3ccc(Cl)cc3)=NO2)ccc1N. The van der Waals surface area contributed by atoms with Crippen LogP contribution in [0, 0.1) is 6.92 Å². The fourth-order valence-electron chi connectivity index (χ4n) is 2.63. The Morgan fingerprint density at radius 3 is 2.42 bits per heavy atom. The van der Waals surface area contributed by atoms with E-state index in [-0.39, 0.29) is 11.3 Å². The van der Waals surface area contributed by atoms with Gasteiger partial charge in [0.2, 0.25) is 0 Å². The number of nitrogen functional groups attached to an aromatic ring is 1. The lowest BCUT2D eigenvalue weighted by molar-refractivity contribution is -0.275. The highest BCUT2D eigenvalue weighted by Gasteiger charge is 2.62. The van der Waals surface area contributed by atoms with Crippen LogP contribution in [0.1, 0.15) is 23.1 Å². The molecule has 2 aromatic rings. The third-order valence-electron chi connectivity index (χ3n) is 4.10. The molecule has 1 unspecified atom stereocenters. The predicted molar refractivity (Wildman–Crippen MR) is 87.0 cm³/mol. The summed E-state index contributed by atoms with van der Waals surface area (Å²) >= 11 is 5.81. The molecule has 0 bridgehead atoms. The zero-order chi connectivity index (χ0) is 17.5. The fourth-order valence-corrected chi connectivity index (χ4v) is 2.75. The molecule has 126 valence electrons. The minimum absolute atomic E-state index is 0.0191. The summed E-state index contributed by atoms with van der Waals surface area (Å²) in [6, 6.07) is 10.6. The molecule has 0 fully saturated rings. The van der Waals surface area contributed by atoms with Crippen LogP contribution < -0.4 is 5.73 Å². The summed E-state index contributed by atoms with van der Waals surface area (Å²) in [5.74, 6) is 0. The van der Waals surface area contributed by atoms with E-state index in [1.165, 1.54) is 18.2 Å². The van der Waals surface area contributed by atoms with E-state index in [4.69, 9.17) is 22.2 Å². The Hall–Kier alpha value is -2.21. The lowest BCUT2D eigenvalue weighted by atomic mass is 9.85. The number of rotatable bonds is 2. The quantitative estimate of drug-likeness (QED) is 0.786. The first-order valence-corrected chi connectivity index (χ1v) is 7.55. The standard InChI is InChI=1S/C17H14ClF3N2O/c1-10-8-12(4-7-14(10)22)16(17(19,20)21)9-15(23-24-16)11-2-5-13(18)6-3-11/h2-8H,9,22H2,1H3. The van der Waals surface area contributed by atoms with Gasteiger partial charge >= 0.3 is 6.18 Å². The highest BCUT2D eigenvalue weighted by Crippen LogP contribution is 2.49. The van der Waals surface area contributed by atoms with Crippen LogP contribution in [0.15, 0.2) is 47.6 Å². The molecule has 0 aliphatic carbocycles. The van der Waals surface area contributed by atoms with Gasteiger partial charge in [-0.15, -0.1) is 0 Å². The van der Waals surface area contributed by atoms with Crippen LogP contribution in [0.5, 0.6) is 0 Å². The third kappa shape index (κ3) is 2.71. The van der Waals surface area contributed by atoms with Gasteiger partial charge in [-0.2, -0.15) is 13.2 Å². The highest BCUT2D eigenvalue weighted by atomic mass is 35.5. The van der Waals surface area contributed by atoms with Crippen molar-refractivity contribution in [1.29, 1.82) is 0 Å². The molecule has 1 atom stereocenters. The molecule has 2 N–H and O–H groups in total. The molecule has 1 aliphatic heterocycles. The van der Waals surface area contributed by atoms with E-state index in [1.54, 1.807) is 31.2 Å². The Kier molecular flexibility index (Phi) is 3.95. The van der Waals surface area contributed by atoms with Gasteiger partial charge in [0, 0.05) is 22.7 Å². The first-order chi connectivity index (χ1) is 11.2. The van der Waals surface area contributed by atoms with Crippen molar-refractivity contribution in [2.45, 2.75) is 25.1 Å². The number of halogens is 4. The number of anilines is 1. The van der Waals surface area contributed by atoms with E-state index in [0.717, 1.165) is 0 Å². The van der Waals surface area contributed by atoms with Gasteiger partial charge in [0.1, 0.15) is 0 Å². The van der Waals surface area contributed by atoms with E-state index in [1.807, 2.05) is 0 Å². The Morgan fingerprint density at radius 1 is 1.17 bits per heavy atom. The summed E-state index contributed by atoms with van der Waals surface area (Å²) in [6.45, 7) is 1.65. The molecule has 3 nitrogen and oxygen atoms in total. The zero-order valence-corrected chi connectivity index (χ0v) is 13.4. The molecule has 2 aromatic carbocycles. The maximum Gasteiger partial charge on any atom is 0.435 e. The number of oxime groups is 1. The summed E-state index contributed by atoms with van der Waals surface area (Å²) in [4.78, 5) is 4.97. The summed E-state index contributed by atoms with van der Waals surface area (Å²) in [5, 5.41) is 4.20. The van der Waals surface area contributed by atoms with Crippen molar-refractivity contribution >= 4 is 23.0 Å². The van der Waals surface area contributed by atoms with Crippen LogP contribution in [-0.2, 0) is 10.4 Å². The van der Waals surface area contributed by atoms with Crippen LogP contribution >= 0.6 is 11.6 Å². The molecular weight excluding hydrogens is 341 g/mol. The molecule has 0 saturated carbocycles. The summed E-state index contributed by atoms with van der Waals surface area (Å²) < 4.78 is 41.5. The fraction of sp³-hybridized carbons (Fsp3) is 0.235. The Morgan fingerprint density at radius 2 is 1.83 bits per heavy atom. The van der Waals surface area contributed by atoms with Crippen molar-refractivity contribution in [1.82, 2.24) is 0 Å². The van der Waals surface area contributed by atoms with Gasteiger partial charge in [0.15, 0.2) is 0 Å². The second-order valence-electron chi connectivity index (χ2n) is 5.71. The van der Waals surface area contributed by atoms with Crippen molar-refractivity contribution in [2.24, 2.45) is 5.16 Å². The van der Waals surface area contributed by atoms with Gasteiger partial charge in [-0.1, -0.05) is 35.0 Å². The lowest BCUT2D eigenvalue weighted by Gasteiger charge is -2.29. The Bertz CT molecular complexity index is 802. The molecule has 0 spiro atoms. The van der Waals surface area contributed by atoms with Crippen LogP contribution in [0.3, 0.4) is 0 Å². The Labute approximate surface area is 141 Å². The van der Waals surface area contributed by atoms with Gasteiger partial charge < -0.3 is 10.6 Å². The van der Waals surface area contributed by atoms with E-state index >= 15 is 0 Å². The maximum absolute atomic E-state index is 13.8. The van der Waals surface area contributed by atoms with Crippen molar-refractivity contribution in [3.63, 3.8) is 0 Å². The lowest BCUT2D eigenvalue weighted by Crippen LogP contribution is -2.42. The van der Waals surface area contributed by atoms with Gasteiger partial charge in [-0.25, -0.2) is 0 Å². The maximum atomic E-state index is 13.8. The minimum Gasteiger partial charge on any atom is -0.399 e. The van der Waals surface area contributed by atoms with Gasteiger partial charge in [-0.05, 0) is 42.3 Å². The van der Waals surface area contributed by atoms with E-state index in [2.05, 4.69) is 5.16 Å². The van der Waals surface area contributed by atoms with E-state index < -0.39 is 18.2 Å². The van der Waals surface area contributed by atoms with E-state index in [9.17, 15) is 13.2 Å². The largest absolute Gasteiger partial charge is 0.435 e. The normalized spacial score (nSPS) is 20.6. The predicted octanol–water partition coefficient (Wildman–Crippen LogP) is 4.81. The molecule has 1 heterocycles. The van der Waals surface area contributed by atoms with Crippen molar-refractivity contribution < 1.29 is 18.0 Å². The molecule has 0 amide bonds. The minimum atomic E-state index is -4.63. The van der Waals surface area contributed by atoms with Crippen LogP contribution in [0.2, 0.25) is 5.02 Å². The molecule has 0 aromatic heterocycles. The summed E-state index contributed by atoms with van der Waals surface area (Å²) in [7, 11) is 0. The molecule has 0 saturated heterocycles. The van der Waals surface area contributed by atoms with Crippen molar-refractivity contribution in [2.75, 3.05) is 5.73 Å². The number of benzene rings is 2. The molecule has 24 heavy (non-hydrogen) atoms. The molecule has 0 radical (unpaired) electrons. The Balaban J connectivity index is 2.01. The molecule has 3 rings (SSSR count). The molecule has 7 heteroatoms. The number of alkyl halides is 3. The van der Waals surface area contributed by atoms with Crippen molar-refractivity contribution in [3.8, 4) is 0 Å². The van der Waals surface area contributed by atoms with Gasteiger partial charge in [0.25, 0.3) is 5.60 Å². The summed E-state index contributed by atoms with van der Waals surface area (Å²) in [5.41, 5.74) is 4.92. The highest BCUT2D eigenvalue weighted by molar-refractivity contribution is 6.30. The third-order valence-corrected chi connectivity index (χ3v) is 4.35. The average Bonchev–Trinajstić information content (AvgIpc) is 2.97. The monoisotopic (exact) mass is 354 g/mol. The first-order valence-electron chi connectivity index (χ1n) is 7.17. The number of aryl methyl sites for hydroxylation is 1. The van der Waals surface area contributed by atoms with Gasteiger partial charge in [0.05, 0.1) is 5.71 Å². The molecular formula is C17H14ClF3N2O. The topological polar surface area (TPSA) is 47.6 Å². The van der Waals surface area contributed by atoms with Crippen molar-refractivity contribution in [3.05, 3.63) is 64.2 Å². The van der Waals surface area contributed by atoms with Crippen LogP contribution in [0.4, 0.5) is 18.9 Å². The number of nitrogens with two attached hydrogens (primary N) is 1. The zero-order valence-electron chi connectivity index (χ0n) is 12.7. The second kappa shape index (κ2) is 5.70. The first kappa shape index (κ1) is 16.6. The van der Waals surface area contributed by atoms with Crippen LogP contribution in [0.25, 0.3) is 0 Å². The average molecular weight is 355 g/mol. The van der Waals surface area contributed by atoms with Crippen LogP contribution in [-0.4, -0.2) is 11.9 Å². The van der Waals surface area contributed by atoms with E-state index in [0.29, 0.717) is 21.8 Å².